The predicted molar refractivity (Wildman–Crippen MR) is 99.9 cm³/mol. The van der Waals surface area contributed by atoms with Gasteiger partial charge in [-0.1, -0.05) is 18.2 Å². The summed E-state index contributed by atoms with van der Waals surface area (Å²) in [6, 6.07) is 14.3. The molecule has 1 fully saturated rings. The van der Waals surface area contributed by atoms with Gasteiger partial charge in [-0.2, -0.15) is 0 Å². The molecule has 5 heteroatoms. The monoisotopic (exact) mass is 334 g/mol. The molecule has 1 amide bonds. The van der Waals surface area contributed by atoms with Crippen LogP contribution in [-0.2, 0) is 7.05 Å². The van der Waals surface area contributed by atoms with Crippen molar-refractivity contribution >= 4 is 22.6 Å². The number of nitrogens with zero attached hydrogens (tertiary/aromatic N) is 4. The second kappa shape index (κ2) is 6.59. The zero-order chi connectivity index (χ0) is 17.2. The smallest absolute Gasteiger partial charge is 0.256 e. The molecule has 1 saturated heterocycles. The maximum absolute atomic E-state index is 13.1. The summed E-state index contributed by atoms with van der Waals surface area (Å²) in [5.41, 5.74) is 2.83. The lowest BCUT2D eigenvalue weighted by atomic mass is 10.2. The first-order valence-corrected chi connectivity index (χ1v) is 8.73. The number of amides is 1. The van der Waals surface area contributed by atoms with Gasteiger partial charge in [0.15, 0.2) is 0 Å². The molecule has 0 spiro atoms. The zero-order valence-electron chi connectivity index (χ0n) is 14.4. The van der Waals surface area contributed by atoms with Gasteiger partial charge in [-0.15, -0.1) is 0 Å². The maximum Gasteiger partial charge on any atom is 0.256 e. The molecule has 4 rings (SSSR count). The Kier molecular flexibility index (Phi) is 4.14. The van der Waals surface area contributed by atoms with E-state index in [1.165, 1.54) is 5.69 Å². The highest BCUT2D eigenvalue weighted by molar-refractivity contribution is 6.06. The number of aromatic nitrogens is 2. The van der Waals surface area contributed by atoms with E-state index in [0.717, 1.165) is 49.2 Å². The van der Waals surface area contributed by atoms with Gasteiger partial charge >= 0.3 is 0 Å². The van der Waals surface area contributed by atoms with Crippen LogP contribution in [0, 0.1) is 0 Å². The normalized spacial score (nSPS) is 15.4. The number of carbonyl (C=O) groups excluding carboxylic acids is 1. The van der Waals surface area contributed by atoms with Crippen molar-refractivity contribution in [2.45, 2.75) is 6.42 Å². The number of anilines is 1. The van der Waals surface area contributed by atoms with Gasteiger partial charge in [-0.25, -0.2) is 4.98 Å². The van der Waals surface area contributed by atoms with E-state index in [9.17, 15) is 4.79 Å². The molecule has 0 radical (unpaired) electrons. The fourth-order valence-corrected chi connectivity index (χ4v) is 3.57. The molecule has 3 heterocycles. The third-order valence-corrected chi connectivity index (χ3v) is 4.87. The lowest BCUT2D eigenvalue weighted by molar-refractivity contribution is 0.0769. The predicted octanol–water partition coefficient (Wildman–Crippen LogP) is 2.93. The summed E-state index contributed by atoms with van der Waals surface area (Å²) in [6.07, 6.45) is 4.64. The van der Waals surface area contributed by atoms with E-state index in [1.807, 2.05) is 40.9 Å². The maximum atomic E-state index is 13.1. The van der Waals surface area contributed by atoms with Gasteiger partial charge in [-0.3, -0.25) is 4.79 Å². The molecule has 128 valence electrons. The van der Waals surface area contributed by atoms with Crippen molar-refractivity contribution in [3.05, 3.63) is 60.4 Å². The van der Waals surface area contributed by atoms with E-state index in [-0.39, 0.29) is 5.91 Å². The first kappa shape index (κ1) is 15.7. The average Bonchev–Trinajstić information content (AvgIpc) is 2.84. The molecule has 0 unspecified atom stereocenters. The molecular formula is C20H22N4O. The standard InChI is InChI=1S/C20H22N4O/c1-22-15-18(17-9-5-10-21-19(17)22)20(25)24-12-6-11-23(13-14-24)16-7-3-2-4-8-16/h2-5,7-10,15H,6,11-14H2,1H3. The highest BCUT2D eigenvalue weighted by Gasteiger charge is 2.23. The minimum absolute atomic E-state index is 0.105. The number of pyridine rings is 1. The van der Waals surface area contributed by atoms with Crippen molar-refractivity contribution in [3.63, 3.8) is 0 Å². The SMILES string of the molecule is Cn1cc(C(=O)N2CCCN(c3ccccc3)CC2)c2cccnc21. The summed E-state index contributed by atoms with van der Waals surface area (Å²) in [6.45, 7) is 3.37. The Hall–Kier alpha value is -2.82. The average molecular weight is 334 g/mol. The van der Waals surface area contributed by atoms with Gasteiger partial charge in [0.25, 0.3) is 5.91 Å². The van der Waals surface area contributed by atoms with Gasteiger partial charge in [0.1, 0.15) is 5.65 Å². The van der Waals surface area contributed by atoms with Crippen LogP contribution in [0.3, 0.4) is 0 Å². The first-order chi connectivity index (χ1) is 12.2. The summed E-state index contributed by atoms with van der Waals surface area (Å²) in [4.78, 5) is 21.8. The van der Waals surface area contributed by atoms with Crippen molar-refractivity contribution in [1.82, 2.24) is 14.5 Å². The Labute approximate surface area is 147 Å². The quantitative estimate of drug-likeness (QED) is 0.723. The molecule has 0 aliphatic carbocycles. The lowest BCUT2D eigenvalue weighted by Gasteiger charge is -2.23. The number of hydrogen-bond donors (Lipinski definition) is 0. The Morgan fingerprint density at radius 3 is 2.68 bits per heavy atom. The van der Waals surface area contributed by atoms with Gasteiger partial charge < -0.3 is 14.4 Å². The largest absolute Gasteiger partial charge is 0.370 e. The summed E-state index contributed by atoms with van der Waals surface area (Å²) in [7, 11) is 1.94. The van der Waals surface area contributed by atoms with E-state index < -0.39 is 0 Å². The van der Waals surface area contributed by atoms with Crippen molar-refractivity contribution in [3.8, 4) is 0 Å². The van der Waals surface area contributed by atoms with Crippen molar-refractivity contribution in [1.29, 1.82) is 0 Å². The van der Waals surface area contributed by atoms with E-state index in [1.54, 1.807) is 6.20 Å². The molecule has 1 aromatic carbocycles. The molecule has 0 bridgehead atoms. The highest BCUT2D eigenvalue weighted by Crippen LogP contribution is 2.22. The molecule has 0 N–H and O–H groups in total. The number of carbonyl (C=O) groups is 1. The van der Waals surface area contributed by atoms with E-state index in [4.69, 9.17) is 0 Å². The fraction of sp³-hybridized carbons (Fsp3) is 0.300. The summed E-state index contributed by atoms with van der Waals surface area (Å²) in [5, 5.41) is 0.930. The Bertz CT molecular complexity index is 887. The minimum atomic E-state index is 0.105. The van der Waals surface area contributed by atoms with Crippen LogP contribution in [0.15, 0.2) is 54.9 Å². The lowest BCUT2D eigenvalue weighted by Crippen LogP contribution is -2.35. The highest BCUT2D eigenvalue weighted by atomic mass is 16.2. The molecule has 3 aromatic rings. The Morgan fingerprint density at radius 1 is 1.00 bits per heavy atom. The van der Waals surface area contributed by atoms with Crippen LogP contribution in [0.2, 0.25) is 0 Å². The second-order valence-corrected chi connectivity index (χ2v) is 6.50. The molecule has 0 saturated carbocycles. The molecule has 5 nitrogen and oxygen atoms in total. The number of hydrogen-bond acceptors (Lipinski definition) is 3. The van der Waals surface area contributed by atoms with Gasteiger partial charge in [0.2, 0.25) is 0 Å². The van der Waals surface area contributed by atoms with Crippen LogP contribution in [0.4, 0.5) is 5.69 Å². The van der Waals surface area contributed by atoms with Crippen LogP contribution in [0.5, 0.6) is 0 Å². The number of para-hydroxylation sites is 1. The van der Waals surface area contributed by atoms with E-state index in [0.29, 0.717) is 0 Å². The van der Waals surface area contributed by atoms with Crippen molar-refractivity contribution in [2.24, 2.45) is 7.05 Å². The van der Waals surface area contributed by atoms with Gasteiger partial charge in [0, 0.05) is 56.7 Å². The summed E-state index contributed by atoms with van der Waals surface area (Å²) in [5.74, 6) is 0.105. The molecule has 2 aromatic heterocycles. The number of fused-ring (bicyclic) bond motifs is 1. The first-order valence-electron chi connectivity index (χ1n) is 8.73. The molecule has 25 heavy (non-hydrogen) atoms. The number of rotatable bonds is 2. The topological polar surface area (TPSA) is 41.4 Å². The third kappa shape index (κ3) is 2.97. The molecule has 1 aliphatic heterocycles. The van der Waals surface area contributed by atoms with Gasteiger partial charge in [0.05, 0.1) is 5.56 Å². The second-order valence-electron chi connectivity index (χ2n) is 6.50. The summed E-state index contributed by atoms with van der Waals surface area (Å²) >= 11 is 0. The third-order valence-electron chi connectivity index (χ3n) is 4.87. The molecule has 1 aliphatic rings. The molecular weight excluding hydrogens is 312 g/mol. The molecule has 0 atom stereocenters. The van der Waals surface area contributed by atoms with Gasteiger partial charge in [-0.05, 0) is 30.7 Å². The fourth-order valence-electron chi connectivity index (χ4n) is 3.57. The number of aryl methyl sites for hydroxylation is 1. The van der Waals surface area contributed by atoms with E-state index in [2.05, 4.69) is 34.1 Å². The number of benzene rings is 1. The van der Waals surface area contributed by atoms with Crippen LogP contribution in [0.25, 0.3) is 11.0 Å². The van der Waals surface area contributed by atoms with Crippen LogP contribution < -0.4 is 4.90 Å². The Morgan fingerprint density at radius 2 is 1.84 bits per heavy atom. The van der Waals surface area contributed by atoms with Crippen LogP contribution in [0.1, 0.15) is 16.8 Å². The zero-order valence-corrected chi connectivity index (χ0v) is 14.4. The van der Waals surface area contributed by atoms with E-state index >= 15 is 0 Å². The Balaban J connectivity index is 1.55. The minimum Gasteiger partial charge on any atom is -0.370 e. The van der Waals surface area contributed by atoms with Crippen LogP contribution >= 0.6 is 0 Å². The van der Waals surface area contributed by atoms with Crippen molar-refractivity contribution in [2.75, 3.05) is 31.1 Å². The van der Waals surface area contributed by atoms with Crippen LogP contribution in [-0.4, -0.2) is 46.5 Å². The van der Waals surface area contributed by atoms with Crippen molar-refractivity contribution < 1.29 is 4.79 Å². The summed E-state index contributed by atoms with van der Waals surface area (Å²) < 4.78 is 1.93.